The van der Waals surface area contributed by atoms with E-state index in [2.05, 4.69) is 10.5 Å². The van der Waals surface area contributed by atoms with Gasteiger partial charge in [-0.3, -0.25) is 4.79 Å². The molecular weight excluding hydrogens is 308 g/mol. The van der Waals surface area contributed by atoms with Gasteiger partial charge in [0, 0.05) is 18.7 Å². The number of carbonyl (C=O) groups is 1. The normalized spacial score (nSPS) is 10.9. The molecule has 2 aromatic rings. The Morgan fingerprint density at radius 2 is 2.00 bits per heavy atom. The highest BCUT2D eigenvalue weighted by Gasteiger charge is 2.21. The van der Waals surface area contributed by atoms with Crippen molar-refractivity contribution in [3.05, 3.63) is 35.5 Å². The molecule has 2 rings (SSSR count). The topological polar surface area (TPSA) is 73.6 Å². The summed E-state index contributed by atoms with van der Waals surface area (Å²) >= 11 is 0. The quantitative estimate of drug-likeness (QED) is 0.752. The van der Waals surface area contributed by atoms with Crippen molar-refractivity contribution in [2.75, 3.05) is 20.3 Å². The fourth-order valence-electron chi connectivity index (χ4n) is 2.26. The third-order valence-electron chi connectivity index (χ3n) is 3.50. The van der Waals surface area contributed by atoms with E-state index in [-0.39, 0.29) is 12.0 Å². The van der Waals surface area contributed by atoms with Crippen molar-refractivity contribution in [2.45, 2.75) is 33.3 Å². The van der Waals surface area contributed by atoms with Crippen LogP contribution in [0, 0.1) is 6.92 Å². The first-order valence-corrected chi connectivity index (χ1v) is 8.03. The van der Waals surface area contributed by atoms with Crippen LogP contribution >= 0.6 is 0 Å². The zero-order valence-electron chi connectivity index (χ0n) is 14.6. The van der Waals surface area contributed by atoms with E-state index in [4.69, 9.17) is 14.0 Å². The molecule has 24 heavy (non-hydrogen) atoms. The van der Waals surface area contributed by atoms with E-state index >= 15 is 0 Å². The summed E-state index contributed by atoms with van der Waals surface area (Å²) in [5.41, 5.74) is 1.81. The number of rotatable bonds is 8. The number of ether oxygens (including phenoxy) is 2. The molecule has 0 bridgehead atoms. The fraction of sp³-hybridized carbons (Fsp3) is 0.444. The van der Waals surface area contributed by atoms with Crippen LogP contribution in [-0.4, -0.2) is 37.4 Å². The smallest absolute Gasteiger partial charge is 0.257 e. The van der Waals surface area contributed by atoms with Crippen LogP contribution in [0.1, 0.15) is 36.3 Å². The van der Waals surface area contributed by atoms with Gasteiger partial charge >= 0.3 is 0 Å². The van der Waals surface area contributed by atoms with E-state index in [1.54, 1.807) is 14.0 Å². The molecule has 1 aromatic heterocycles. The van der Waals surface area contributed by atoms with E-state index in [0.717, 1.165) is 17.7 Å². The van der Waals surface area contributed by atoms with Gasteiger partial charge in [-0.1, -0.05) is 5.16 Å². The van der Waals surface area contributed by atoms with Crippen LogP contribution in [0.2, 0.25) is 0 Å². The van der Waals surface area contributed by atoms with Crippen molar-refractivity contribution in [2.24, 2.45) is 0 Å². The van der Waals surface area contributed by atoms with Crippen LogP contribution in [0.5, 0.6) is 5.75 Å². The van der Waals surface area contributed by atoms with Crippen LogP contribution in [0.25, 0.3) is 11.3 Å². The Hall–Kier alpha value is -2.34. The standard InChI is InChI=1S/C18H24N2O4/c1-12(2)23-11-5-10-19-18(21)16-13(3)20-24-17(16)14-6-8-15(22-4)9-7-14/h6-9,12H,5,10-11H2,1-4H3,(H,19,21). The first-order valence-electron chi connectivity index (χ1n) is 8.03. The van der Waals surface area contributed by atoms with Crippen LogP contribution in [0.15, 0.2) is 28.8 Å². The molecule has 0 atom stereocenters. The summed E-state index contributed by atoms with van der Waals surface area (Å²) in [6.07, 6.45) is 0.953. The van der Waals surface area contributed by atoms with Gasteiger partial charge in [0.1, 0.15) is 11.3 Å². The summed E-state index contributed by atoms with van der Waals surface area (Å²) < 4.78 is 16.0. The molecule has 0 spiro atoms. The number of benzene rings is 1. The highest BCUT2D eigenvalue weighted by Crippen LogP contribution is 2.27. The largest absolute Gasteiger partial charge is 0.497 e. The Balaban J connectivity index is 2.04. The third-order valence-corrected chi connectivity index (χ3v) is 3.50. The number of amides is 1. The Kier molecular flexibility index (Phi) is 6.37. The summed E-state index contributed by atoms with van der Waals surface area (Å²) in [5, 5.41) is 6.82. The molecule has 0 aliphatic heterocycles. The number of nitrogens with one attached hydrogen (secondary N) is 1. The van der Waals surface area contributed by atoms with Gasteiger partial charge in [0.05, 0.1) is 18.9 Å². The molecule has 0 aliphatic carbocycles. The van der Waals surface area contributed by atoms with Crippen LogP contribution < -0.4 is 10.1 Å². The number of hydrogen-bond donors (Lipinski definition) is 1. The van der Waals surface area contributed by atoms with Crippen molar-refractivity contribution in [3.63, 3.8) is 0 Å². The number of nitrogens with zero attached hydrogens (tertiary/aromatic N) is 1. The summed E-state index contributed by atoms with van der Waals surface area (Å²) in [6, 6.07) is 7.31. The number of carbonyl (C=O) groups excluding carboxylic acids is 1. The Morgan fingerprint density at radius 1 is 1.29 bits per heavy atom. The average molecular weight is 332 g/mol. The van der Waals surface area contributed by atoms with Gasteiger partial charge in [0.25, 0.3) is 5.91 Å². The lowest BCUT2D eigenvalue weighted by atomic mass is 10.1. The third kappa shape index (κ3) is 4.58. The predicted octanol–water partition coefficient (Wildman–Crippen LogP) is 3.20. The number of hydrogen-bond acceptors (Lipinski definition) is 5. The Labute approximate surface area is 142 Å². The SMILES string of the molecule is COc1ccc(-c2onc(C)c2C(=O)NCCCOC(C)C)cc1. The molecule has 0 saturated carbocycles. The summed E-state index contributed by atoms with van der Waals surface area (Å²) in [7, 11) is 1.61. The number of aromatic nitrogens is 1. The van der Waals surface area contributed by atoms with E-state index in [1.165, 1.54) is 0 Å². The predicted molar refractivity (Wildman–Crippen MR) is 91.3 cm³/mol. The second kappa shape index (κ2) is 8.49. The van der Waals surface area contributed by atoms with E-state index < -0.39 is 0 Å². The van der Waals surface area contributed by atoms with Crippen molar-refractivity contribution in [3.8, 4) is 17.1 Å². The van der Waals surface area contributed by atoms with Gasteiger partial charge in [0.15, 0.2) is 5.76 Å². The van der Waals surface area contributed by atoms with E-state index in [0.29, 0.717) is 30.2 Å². The van der Waals surface area contributed by atoms with Gasteiger partial charge in [0.2, 0.25) is 0 Å². The zero-order valence-corrected chi connectivity index (χ0v) is 14.6. The summed E-state index contributed by atoms with van der Waals surface area (Å²) in [4.78, 5) is 12.5. The maximum atomic E-state index is 12.5. The second-order valence-corrected chi connectivity index (χ2v) is 5.73. The average Bonchev–Trinajstić information content (AvgIpc) is 2.96. The van der Waals surface area contributed by atoms with Crippen molar-refractivity contribution in [1.29, 1.82) is 0 Å². The Bertz CT molecular complexity index is 662. The van der Waals surface area contributed by atoms with Crippen LogP contribution in [0.3, 0.4) is 0 Å². The molecule has 0 saturated heterocycles. The molecule has 1 N–H and O–H groups in total. The minimum absolute atomic E-state index is 0.191. The summed E-state index contributed by atoms with van der Waals surface area (Å²) in [5.74, 6) is 1.02. The number of methoxy groups -OCH3 is 1. The molecular formula is C18H24N2O4. The van der Waals surface area contributed by atoms with Crippen molar-refractivity contribution >= 4 is 5.91 Å². The van der Waals surface area contributed by atoms with Gasteiger partial charge in [-0.05, 0) is 51.5 Å². The molecule has 0 unspecified atom stereocenters. The second-order valence-electron chi connectivity index (χ2n) is 5.73. The highest BCUT2D eigenvalue weighted by molar-refractivity contribution is 6.00. The lowest BCUT2D eigenvalue weighted by Gasteiger charge is -2.08. The van der Waals surface area contributed by atoms with Crippen molar-refractivity contribution in [1.82, 2.24) is 10.5 Å². The number of aryl methyl sites for hydroxylation is 1. The molecule has 1 aromatic carbocycles. The Morgan fingerprint density at radius 3 is 2.62 bits per heavy atom. The lowest BCUT2D eigenvalue weighted by Crippen LogP contribution is -2.26. The maximum Gasteiger partial charge on any atom is 0.257 e. The van der Waals surface area contributed by atoms with Crippen molar-refractivity contribution < 1.29 is 18.8 Å². The first-order chi connectivity index (χ1) is 11.5. The monoisotopic (exact) mass is 332 g/mol. The van der Waals surface area contributed by atoms with E-state index in [1.807, 2.05) is 38.1 Å². The van der Waals surface area contributed by atoms with E-state index in [9.17, 15) is 4.79 Å². The minimum atomic E-state index is -0.191. The minimum Gasteiger partial charge on any atom is -0.497 e. The maximum absolute atomic E-state index is 12.5. The summed E-state index contributed by atoms with van der Waals surface area (Å²) in [6.45, 7) is 6.89. The van der Waals surface area contributed by atoms with Gasteiger partial charge < -0.3 is 19.3 Å². The zero-order chi connectivity index (χ0) is 17.5. The van der Waals surface area contributed by atoms with Crippen LogP contribution in [-0.2, 0) is 4.74 Å². The fourth-order valence-corrected chi connectivity index (χ4v) is 2.26. The molecule has 0 fully saturated rings. The molecule has 130 valence electrons. The molecule has 6 heteroatoms. The molecule has 1 heterocycles. The molecule has 0 aliphatic rings. The van der Waals surface area contributed by atoms with Crippen LogP contribution in [0.4, 0.5) is 0 Å². The molecule has 0 radical (unpaired) electrons. The van der Waals surface area contributed by atoms with Gasteiger partial charge in [-0.25, -0.2) is 0 Å². The van der Waals surface area contributed by atoms with Gasteiger partial charge in [-0.15, -0.1) is 0 Å². The molecule has 1 amide bonds. The lowest BCUT2D eigenvalue weighted by molar-refractivity contribution is 0.0757. The first kappa shape index (κ1) is 18.0. The van der Waals surface area contributed by atoms with Gasteiger partial charge in [-0.2, -0.15) is 0 Å². The highest BCUT2D eigenvalue weighted by atomic mass is 16.5. The molecule has 6 nitrogen and oxygen atoms in total.